The van der Waals surface area contributed by atoms with Gasteiger partial charge in [0.25, 0.3) is 0 Å². The van der Waals surface area contributed by atoms with Crippen LogP contribution in [0.2, 0.25) is 0 Å². The zero-order valence-corrected chi connectivity index (χ0v) is 6.86. The van der Waals surface area contributed by atoms with Crippen LogP contribution >= 0.6 is 0 Å². The fourth-order valence-corrected chi connectivity index (χ4v) is 1.35. The van der Waals surface area contributed by atoms with Gasteiger partial charge in [-0.2, -0.15) is 0 Å². The highest BCUT2D eigenvalue weighted by molar-refractivity contribution is 5.79. The van der Waals surface area contributed by atoms with E-state index in [2.05, 4.69) is 4.98 Å². The van der Waals surface area contributed by atoms with Gasteiger partial charge in [0.1, 0.15) is 0 Å². The molecular formula is C9H8N2O2. The third kappa shape index (κ3) is 1.51. The van der Waals surface area contributed by atoms with Crippen LogP contribution in [0.25, 0.3) is 10.9 Å². The van der Waals surface area contributed by atoms with Crippen LogP contribution in [0.1, 0.15) is 5.56 Å². The minimum Gasteiger partial charge on any atom is -0.361 e. The van der Waals surface area contributed by atoms with Gasteiger partial charge in [-0.05, 0) is 23.6 Å². The Labute approximate surface area is 74.3 Å². The van der Waals surface area contributed by atoms with Crippen molar-refractivity contribution in [1.29, 1.82) is 0 Å². The second-order valence-electron chi connectivity index (χ2n) is 2.89. The molecule has 0 aliphatic heterocycles. The fraction of sp³-hybridized carbons (Fsp3) is 0.111. The van der Waals surface area contributed by atoms with Crippen molar-refractivity contribution in [2.24, 2.45) is 0 Å². The molecule has 0 radical (unpaired) electrons. The highest BCUT2D eigenvalue weighted by Crippen LogP contribution is 2.14. The van der Waals surface area contributed by atoms with E-state index in [0.717, 1.165) is 16.5 Å². The van der Waals surface area contributed by atoms with Gasteiger partial charge >= 0.3 is 0 Å². The number of aromatic amines is 1. The number of benzene rings is 1. The number of H-pyrrole nitrogens is 1. The molecule has 0 fully saturated rings. The lowest BCUT2D eigenvalue weighted by Gasteiger charge is -1.94. The van der Waals surface area contributed by atoms with Gasteiger partial charge in [0, 0.05) is 22.2 Å². The summed E-state index contributed by atoms with van der Waals surface area (Å²) in [7, 11) is 0. The largest absolute Gasteiger partial charge is 0.361 e. The van der Waals surface area contributed by atoms with Crippen LogP contribution in [0.15, 0.2) is 30.5 Å². The molecule has 0 aliphatic carbocycles. The van der Waals surface area contributed by atoms with Crippen molar-refractivity contribution < 1.29 is 4.92 Å². The topological polar surface area (TPSA) is 58.9 Å². The van der Waals surface area contributed by atoms with Crippen LogP contribution < -0.4 is 0 Å². The number of rotatable bonds is 2. The Kier molecular flexibility index (Phi) is 1.73. The highest BCUT2D eigenvalue weighted by Gasteiger charge is 2.02. The van der Waals surface area contributed by atoms with Crippen LogP contribution in [0.4, 0.5) is 0 Å². The number of hydrogen-bond acceptors (Lipinski definition) is 2. The summed E-state index contributed by atoms with van der Waals surface area (Å²) in [6.07, 6.45) is 1.82. The van der Waals surface area contributed by atoms with Gasteiger partial charge in [0.2, 0.25) is 6.54 Å². The summed E-state index contributed by atoms with van der Waals surface area (Å²) in [5.41, 5.74) is 1.74. The van der Waals surface area contributed by atoms with E-state index < -0.39 is 0 Å². The summed E-state index contributed by atoms with van der Waals surface area (Å²) >= 11 is 0. The Morgan fingerprint density at radius 3 is 3.00 bits per heavy atom. The van der Waals surface area contributed by atoms with Gasteiger partial charge in [-0.1, -0.05) is 6.07 Å². The lowest BCUT2D eigenvalue weighted by Crippen LogP contribution is -1.97. The summed E-state index contributed by atoms with van der Waals surface area (Å²) in [4.78, 5) is 12.9. The molecule has 0 saturated heterocycles. The lowest BCUT2D eigenvalue weighted by atomic mass is 10.1. The molecule has 0 unspecified atom stereocenters. The van der Waals surface area contributed by atoms with Crippen molar-refractivity contribution in [2.45, 2.75) is 6.54 Å². The standard InChI is InChI=1S/C9H8N2O2/c12-11(13)6-7-1-2-9-8(5-7)3-4-10-9/h1-5,10H,6H2. The molecule has 0 atom stereocenters. The SMILES string of the molecule is O=[N+]([O-])Cc1ccc2[nH]ccc2c1. The number of aromatic nitrogens is 1. The Morgan fingerprint density at radius 2 is 2.23 bits per heavy atom. The van der Waals surface area contributed by atoms with E-state index in [9.17, 15) is 10.1 Å². The normalized spacial score (nSPS) is 10.5. The molecule has 1 aromatic carbocycles. The Hall–Kier alpha value is -1.84. The van der Waals surface area contributed by atoms with Gasteiger partial charge in [-0.25, -0.2) is 0 Å². The van der Waals surface area contributed by atoms with E-state index in [-0.39, 0.29) is 11.5 Å². The molecule has 0 amide bonds. The molecule has 4 nitrogen and oxygen atoms in total. The molecule has 2 aromatic rings. The van der Waals surface area contributed by atoms with E-state index in [4.69, 9.17) is 0 Å². The smallest absolute Gasteiger partial charge is 0.228 e. The average molecular weight is 176 g/mol. The third-order valence-corrected chi connectivity index (χ3v) is 1.93. The Morgan fingerprint density at radius 1 is 1.38 bits per heavy atom. The van der Waals surface area contributed by atoms with E-state index in [1.807, 2.05) is 24.4 Å². The third-order valence-electron chi connectivity index (χ3n) is 1.93. The monoisotopic (exact) mass is 176 g/mol. The highest BCUT2D eigenvalue weighted by atomic mass is 16.6. The van der Waals surface area contributed by atoms with E-state index in [0.29, 0.717) is 0 Å². The molecule has 0 bridgehead atoms. The summed E-state index contributed by atoms with van der Waals surface area (Å²) in [6.45, 7) is -0.110. The maximum absolute atomic E-state index is 10.2. The molecule has 4 heteroatoms. The molecule has 0 aliphatic rings. The van der Waals surface area contributed by atoms with Crippen molar-refractivity contribution in [2.75, 3.05) is 0 Å². The van der Waals surface area contributed by atoms with Crippen LogP contribution in [0.3, 0.4) is 0 Å². The zero-order valence-electron chi connectivity index (χ0n) is 6.86. The van der Waals surface area contributed by atoms with Gasteiger partial charge in [-0.15, -0.1) is 0 Å². The van der Waals surface area contributed by atoms with Crippen molar-refractivity contribution in [3.05, 3.63) is 46.1 Å². The first-order valence-corrected chi connectivity index (χ1v) is 3.93. The average Bonchev–Trinajstić information content (AvgIpc) is 2.49. The number of fused-ring (bicyclic) bond motifs is 1. The first-order valence-electron chi connectivity index (χ1n) is 3.93. The molecule has 13 heavy (non-hydrogen) atoms. The van der Waals surface area contributed by atoms with Gasteiger partial charge < -0.3 is 4.98 Å². The summed E-state index contributed by atoms with van der Waals surface area (Å²) in [5, 5.41) is 11.3. The molecule has 1 N–H and O–H groups in total. The number of hydrogen-bond donors (Lipinski definition) is 1. The molecule has 66 valence electrons. The van der Waals surface area contributed by atoms with E-state index >= 15 is 0 Å². The van der Waals surface area contributed by atoms with Crippen molar-refractivity contribution >= 4 is 10.9 Å². The maximum Gasteiger partial charge on any atom is 0.228 e. The molecule has 2 rings (SSSR count). The van der Waals surface area contributed by atoms with E-state index in [1.54, 1.807) is 6.07 Å². The molecule has 0 saturated carbocycles. The van der Waals surface area contributed by atoms with Crippen molar-refractivity contribution in [3.8, 4) is 0 Å². The zero-order chi connectivity index (χ0) is 9.26. The van der Waals surface area contributed by atoms with Crippen LogP contribution in [-0.4, -0.2) is 9.91 Å². The number of nitro groups is 1. The molecule has 1 aromatic heterocycles. The van der Waals surface area contributed by atoms with Gasteiger partial charge in [0.15, 0.2) is 0 Å². The minimum atomic E-state index is -0.326. The Bertz CT molecular complexity index is 448. The van der Waals surface area contributed by atoms with Crippen LogP contribution in [0, 0.1) is 10.1 Å². The van der Waals surface area contributed by atoms with Crippen molar-refractivity contribution in [1.82, 2.24) is 4.98 Å². The second kappa shape index (κ2) is 2.90. The quantitative estimate of drug-likeness (QED) is 0.561. The fourth-order valence-electron chi connectivity index (χ4n) is 1.35. The molecular weight excluding hydrogens is 168 g/mol. The molecule has 0 spiro atoms. The predicted molar refractivity (Wildman–Crippen MR) is 49.0 cm³/mol. The first-order chi connectivity index (χ1) is 6.25. The minimum absolute atomic E-state index is 0.110. The number of nitrogens with one attached hydrogen (secondary N) is 1. The van der Waals surface area contributed by atoms with Crippen LogP contribution in [0.5, 0.6) is 0 Å². The van der Waals surface area contributed by atoms with Crippen molar-refractivity contribution in [3.63, 3.8) is 0 Å². The summed E-state index contributed by atoms with van der Waals surface area (Å²) in [6, 6.07) is 7.35. The second-order valence-corrected chi connectivity index (χ2v) is 2.89. The lowest BCUT2D eigenvalue weighted by molar-refractivity contribution is -0.496. The van der Waals surface area contributed by atoms with Gasteiger partial charge in [0.05, 0.1) is 0 Å². The Balaban J connectivity index is 2.42. The summed E-state index contributed by atoms with van der Waals surface area (Å²) < 4.78 is 0. The van der Waals surface area contributed by atoms with Gasteiger partial charge in [-0.3, -0.25) is 10.1 Å². The summed E-state index contributed by atoms with van der Waals surface area (Å²) in [5.74, 6) is 0. The van der Waals surface area contributed by atoms with E-state index in [1.165, 1.54) is 0 Å². The maximum atomic E-state index is 10.2. The molecule has 1 heterocycles. The predicted octanol–water partition coefficient (Wildman–Crippen LogP) is 1.94. The van der Waals surface area contributed by atoms with Crippen LogP contribution in [-0.2, 0) is 6.54 Å². The first kappa shape index (κ1) is 7.79. The number of nitrogens with zero attached hydrogens (tertiary/aromatic N) is 1.